The molecular formula is C75H61N5O2Pt. The Bertz CT molecular complexity index is 4740. The number of para-hydroxylation sites is 5. The number of furan rings is 1. The molecule has 14 aromatic rings. The molecule has 0 aliphatic carbocycles. The fourth-order valence-corrected chi connectivity index (χ4v) is 12.2. The van der Waals surface area contributed by atoms with Crippen LogP contribution in [0.3, 0.4) is 0 Å². The first-order chi connectivity index (χ1) is 39.9. The van der Waals surface area contributed by atoms with Crippen LogP contribution >= 0.6 is 0 Å². The Labute approximate surface area is 498 Å². The Balaban J connectivity index is 0.00000645. The Morgan fingerprint density at radius 3 is 1.46 bits per heavy atom. The van der Waals surface area contributed by atoms with Crippen LogP contribution in [0.15, 0.2) is 205 Å². The number of pyridine rings is 1. The molecule has 0 saturated heterocycles. The summed E-state index contributed by atoms with van der Waals surface area (Å²) < 4.78 is 19.1. The van der Waals surface area contributed by atoms with Crippen LogP contribution in [-0.2, 0) is 21.1 Å². The number of fused-ring (bicyclic) bond motifs is 8. The summed E-state index contributed by atoms with van der Waals surface area (Å²) in [7, 11) is 0. The topological polar surface area (TPSA) is 70.9 Å². The summed E-state index contributed by atoms with van der Waals surface area (Å²) >= 11 is 0. The van der Waals surface area contributed by atoms with Gasteiger partial charge in [0, 0.05) is 39.0 Å². The molecule has 0 radical (unpaired) electrons. The number of benzene rings is 10. The largest absolute Gasteiger partial charge is 2.00 e. The van der Waals surface area contributed by atoms with Gasteiger partial charge in [-0.25, -0.2) is 4.98 Å². The average Bonchev–Trinajstić information content (AvgIpc) is 2.15. The minimum atomic E-state index is 0. The van der Waals surface area contributed by atoms with Crippen molar-refractivity contribution in [2.45, 2.75) is 79.1 Å². The van der Waals surface area contributed by atoms with Crippen molar-refractivity contribution in [2.24, 2.45) is 0 Å². The van der Waals surface area contributed by atoms with Crippen molar-refractivity contribution in [3.05, 3.63) is 235 Å². The van der Waals surface area contributed by atoms with Crippen molar-refractivity contribution in [3.8, 4) is 67.9 Å². The van der Waals surface area contributed by atoms with E-state index < -0.39 is 0 Å². The Morgan fingerprint density at radius 1 is 0.386 bits per heavy atom. The number of rotatable bonds is 12. The van der Waals surface area contributed by atoms with Crippen molar-refractivity contribution in [2.75, 3.05) is 0 Å². The molecule has 0 fully saturated rings. The van der Waals surface area contributed by atoms with Gasteiger partial charge in [0.15, 0.2) is 0 Å². The van der Waals surface area contributed by atoms with Gasteiger partial charge in [-0.3, -0.25) is 9.97 Å². The second-order valence-electron chi connectivity index (χ2n) is 23.0. The van der Waals surface area contributed by atoms with Gasteiger partial charge in [-0.05, 0) is 141 Å². The average molecular weight is 1260 g/mol. The van der Waals surface area contributed by atoms with Crippen LogP contribution in [0.5, 0.6) is 11.5 Å². The number of aromatic nitrogens is 5. The van der Waals surface area contributed by atoms with E-state index in [4.69, 9.17) is 24.1 Å². The molecule has 4 heterocycles. The maximum atomic E-state index is 7.27. The van der Waals surface area contributed by atoms with Crippen LogP contribution in [0.2, 0.25) is 0 Å². The first-order valence-corrected chi connectivity index (χ1v) is 28.7. The maximum absolute atomic E-state index is 7.27. The van der Waals surface area contributed by atoms with Gasteiger partial charge >= 0.3 is 21.1 Å². The van der Waals surface area contributed by atoms with Gasteiger partial charge in [0.05, 0.1) is 50.3 Å². The molecule has 4 aromatic heterocycles. The molecule has 8 heteroatoms. The van der Waals surface area contributed by atoms with Gasteiger partial charge in [-0.2, -0.15) is 0 Å². The normalized spacial score (nSPS) is 12.0. The molecule has 0 N–H and O–H groups in total. The molecule has 0 unspecified atom stereocenters. The Kier molecular flexibility index (Phi) is 13.8. The molecule has 408 valence electrons. The van der Waals surface area contributed by atoms with Crippen molar-refractivity contribution in [1.82, 2.24) is 24.1 Å². The third-order valence-electron chi connectivity index (χ3n) is 16.2. The molecule has 14 rings (SSSR count). The van der Waals surface area contributed by atoms with E-state index in [0.717, 1.165) is 83.0 Å². The number of nitrogens with zero attached hydrogens (tertiary/aromatic N) is 5. The summed E-state index contributed by atoms with van der Waals surface area (Å²) in [4.78, 5) is 16.1. The molecule has 0 atom stereocenters. The molecule has 0 aliphatic heterocycles. The summed E-state index contributed by atoms with van der Waals surface area (Å²) in [5, 5.41) is 3.78. The summed E-state index contributed by atoms with van der Waals surface area (Å²) in [6.07, 6.45) is 0. The molecule has 10 aromatic carbocycles. The molecule has 0 amide bonds. The monoisotopic (exact) mass is 1260 g/mol. The molecule has 7 nitrogen and oxygen atoms in total. The standard InChI is InChI=1S/C75H61N5O2.Pt/c1-44(2)57-38-52(48-22-11-9-12-23-48)39-58(45(3)4)70(57)79-68-32-19-17-30-66(68)77-74(79)51-27-21-28-54(36-51)81-55-42-61-56-34-35-65-62(37-50-26-15-16-29-64(50)76-65)72(56)82-73(61)63(43-55)75-78-67-31-18-20-33-69(67)80(75)71-59(46(5)6)40-53(41-60(71)47(7)8)49-24-13-10-14-25-49;/h9-35,37-42,44-47H,1-8H3;/q-2;+2. The van der Waals surface area contributed by atoms with Crippen molar-refractivity contribution < 1.29 is 30.2 Å². The fraction of sp³-hybridized carbons (Fsp3) is 0.160. The molecule has 0 spiro atoms. The van der Waals surface area contributed by atoms with E-state index in [1.807, 2.05) is 18.2 Å². The number of hydrogen-bond acceptors (Lipinski definition) is 5. The molecule has 0 aliphatic rings. The van der Waals surface area contributed by atoms with Crippen molar-refractivity contribution in [3.63, 3.8) is 0 Å². The second-order valence-corrected chi connectivity index (χ2v) is 23.0. The van der Waals surface area contributed by atoms with Gasteiger partial charge < -0.3 is 18.3 Å². The van der Waals surface area contributed by atoms with Crippen LogP contribution in [0.25, 0.3) is 122 Å². The van der Waals surface area contributed by atoms with Gasteiger partial charge in [0.1, 0.15) is 5.58 Å². The van der Waals surface area contributed by atoms with Crippen LogP contribution < -0.4 is 4.74 Å². The van der Waals surface area contributed by atoms with Gasteiger partial charge in [0.2, 0.25) is 0 Å². The van der Waals surface area contributed by atoms with Crippen LogP contribution in [0.1, 0.15) is 101 Å². The molecular weight excluding hydrogens is 1200 g/mol. The number of ether oxygens (including phenoxy) is 1. The van der Waals surface area contributed by atoms with Crippen LogP contribution in [0, 0.1) is 12.1 Å². The number of imidazole rings is 2. The van der Waals surface area contributed by atoms with Gasteiger partial charge in [0.25, 0.3) is 0 Å². The van der Waals surface area contributed by atoms with E-state index in [-0.39, 0.29) is 44.7 Å². The zero-order chi connectivity index (χ0) is 55.9. The molecule has 83 heavy (non-hydrogen) atoms. The second kappa shape index (κ2) is 21.4. The van der Waals surface area contributed by atoms with E-state index in [0.29, 0.717) is 28.5 Å². The van der Waals surface area contributed by atoms with Crippen LogP contribution in [-0.4, -0.2) is 24.1 Å². The predicted octanol–water partition coefficient (Wildman–Crippen LogP) is 20.5. The summed E-state index contributed by atoms with van der Waals surface area (Å²) in [6.45, 7) is 18.3. The fourth-order valence-electron chi connectivity index (χ4n) is 12.2. The van der Waals surface area contributed by atoms with Gasteiger partial charge in [-0.1, -0.05) is 188 Å². The van der Waals surface area contributed by atoms with Gasteiger partial charge in [-0.15, -0.1) is 23.8 Å². The van der Waals surface area contributed by atoms with E-state index in [1.54, 1.807) is 0 Å². The third kappa shape index (κ3) is 9.32. The zero-order valence-electron chi connectivity index (χ0n) is 47.7. The molecule has 0 saturated carbocycles. The predicted molar refractivity (Wildman–Crippen MR) is 338 cm³/mol. The van der Waals surface area contributed by atoms with E-state index in [2.05, 4.69) is 259 Å². The minimum Gasteiger partial charge on any atom is -0.500 e. The first kappa shape index (κ1) is 53.4. The summed E-state index contributed by atoms with van der Waals surface area (Å²) in [5.41, 5.74) is 20.4. The van der Waals surface area contributed by atoms with E-state index in [9.17, 15) is 0 Å². The van der Waals surface area contributed by atoms with Crippen molar-refractivity contribution >= 4 is 65.8 Å². The zero-order valence-corrected chi connectivity index (χ0v) is 50.0. The Hall–Kier alpha value is -8.90. The quantitative estimate of drug-likeness (QED) is 0.0900. The summed E-state index contributed by atoms with van der Waals surface area (Å²) in [5.74, 6) is 3.27. The van der Waals surface area contributed by atoms with Crippen LogP contribution in [0.4, 0.5) is 0 Å². The SMILES string of the molecule is CC(C)c1cc(-c2ccccc2)cc(C(C)C)c1-n1c(-c2[c-]c(Oc3[c-]c(-c4nc5ccccc5n4-c4c(C(C)C)cc(-c5ccccc5)cc4C(C)C)c4oc5c6cc7ccccc7nc6ccc5c4c3)ccc2)nc2ccccc21.[Pt+2]. The Morgan fingerprint density at radius 2 is 0.892 bits per heavy atom. The third-order valence-corrected chi connectivity index (χ3v) is 16.2. The molecule has 0 bridgehead atoms. The first-order valence-electron chi connectivity index (χ1n) is 28.7. The number of hydrogen-bond donors (Lipinski definition) is 0. The minimum absolute atomic E-state index is 0. The van der Waals surface area contributed by atoms with E-state index >= 15 is 0 Å². The maximum Gasteiger partial charge on any atom is 2.00 e. The van der Waals surface area contributed by atoms with Crippen molar-refractivity contribution in [1.29, 1.82) is 0 Å². The smallest absolute Gasteiger partial charge is 0.500 e. The van der Waals surface area contributed by atoms with E-state index in [1.165, 1.54) is 44.5 Å². The summed E-state index contributed by atoms with van der Waals surface area (Å²) in [6, 6.07) is 78.1.